The molecule has 3 rings (SSSR count). The number of nitrogens with one attached hydrogen (secondary N) is 2. The van der Waals surface area contributed by atoms with Crippen LogP contribution in [0.1, 0.15) is 12.5 Å². The minimum absolute atomic E-state index is 0.216. The number of carbonyl (C=O) groups excluding carboxylic acids is 1. The van der Waals surface area contributed by atoms with E-state index in [0.29, 0.717) is 5.16 Å². The Hall–Kier alpha value is -2.78. The number of rotatable bonds is 6. The molecule has 1 amide bonds. The van der Waals surface area contributed by atoms with Crippen LogP contribution in [-0.4, -0.2) is 61.1 Å². The molecule has 1 aliphatic rings. The van der Waals surface area contributed by atoms with Gasteiger partial charge in [-0.15, -0.1) is 0 Å². The Balaban J connectivity index is 1.93. The van der Waals surface area contributed by atoms with Crippen molar-refractivity contribution >= 4 is 35.3 Å². The van der Waals surface area contributed by atoms with Gasteiger partial charge in [0.15, 0.2) is 5.16 Å². The van der Waals surface area contributed by atoms with Crippen LogP contribution in [0, 0.1) is 0 Å². The van der Waals surface area contributed by atoms with Crippen LogP contribution in [0.2, 0.25) is 0 Å². The number of nitrogens with zero attached hydrogens (tertiary/aromatic N) is 3. The maximum absolute atomic E-state index is 11.9. The van der Waals surface area contributed by atoms with E-state index in [9.17, 15) is 9.59 Å². The first-order valence-corrected chi connectivity index (χ1v) is 10.1. The van der Waals surface area contributed by atoms with E-state index in [2.05, 4.69) is 38.7 Å². The molecule has 1 aliphatic heterocycles. The van der Waals surface area contributed by atoms with Crippen LogP contribution in [0.4, 0.5) is 11.5 Å². The zero-order valence-electron chi connectivity index (χ0n) is 16.8. The summed E-state index contributed by atoms with van der Waals surface area (Å²) in [4.78, 5) is 35.6. The number of methoxy groups -OCH3 is 1. The third-order valence-electron chi connectivity index (χ3n) is 4.58. The first-order chi connectivity index (χ1) is 13.9. The number of amides is 1. The third-order valence-corrected chi connectivity index (χ3v) is 5.43. The third kappa shape index (κ3) is 5.18. The summed E-state index contributed by atoms with van der Waals surface area (Å²) >= 11 is 1.29. The summed E-state index contributed by atoms with van der Waals surface area (Å²) in [6, 6.07) is 5.17. The lowest BCUT2D eigenvalue weighted by atomic mass is 10.1. The lowest BCUT2D eigenvalue weighted by molar-refractivity contribution is -0.114. The quantitative estimate of drug-likeness (QED) is 0.700. The van der Waals surface area contributed by atoms with Crippen LogP contribution in [0.25, 0.3) is 6.08 Å². The summed E-state index contributed by atoms with van der Waals surface area (Å²) in [6.07, 6.45) is 1.81. The highest BCUT2D eigenvalue weighted by Crippen LogP contribution is 2.39. The summed E-state index contributed by atoms with van der Waals surface area (Å²) in [6.45, 7) is 9.12. The van der Waals surface area contributed by atoms with Crippen molar-refractivity contribution < 1.29 is 9.53 Å². The number of piperazine rings is 1. The average molecular weight is 416 g/mol. The van der Waals surface area contributed by atoms with E-state index in [-0.39, 0.29) is 17.3 Å². The Labute approximate surface area is 174 Å². The Morgan fingerprint density at radius 2 is 2.03 bits per heavy atom. The van der Waals surface area contributed by atoms with Gasteiger partial charge in [0.1, 0.15) is 11.6 Å². The van der Waals surface area contributed by atoms with Crippen LogP contribution < -0.4 is 20.5 Å². The van der Waals surface area contributed by atoms with Crippen LogP contribution in [0.15, 0.2) is 39.6 Å². The number of likely N-dealkylation sites (N-methyl/N-ethyl adjacent to an activating group) is 1. The number of H-pyrrole nitrogens is 1. The molecule has 1 aromatic carbocycles. The molecule has 2 aromatic rings. The van der Waals surface area contributed by atoms with E-state index in [1.165, 1.54) is 24.8 Å². The molecule has 0 aliphatic carbocycles. The van der Waals surface area contributed by atoms with Gasteiger partial charge in [0.2, 0.25) is 5.91 Å². The zero-order valence-corrected chi connectivity index (χ0v) is 17.6. The number of hydrogen-bond acceptors (Lipinski definition) is 7. The van der Waals surface area contributed by atoms with Crippen molar-refractivity contribution in [2.75, 3.05) is 50.6 Å². The van der Waals surface area contributed by atoms with E-state index in [1.54, 1.807) is 7.11 Å². The van der Waals surface area contributed by atoms with Gasteiger partial charge in [-0.2, -0.15) is 0 Å². The van der Waals surface area contributed by atoms with Crippen molar-refractivity contribution in [3.05, 3.63) is 40.7 Å². The maximum atomic E-state index is 11.9. The van der Waals surface area contributed by atoms with Gasteiger partial charge in [0, 0.05) is 49.6 Å². The van der Waals surface area contributed by atoms with Crippen LogP contribution >= 0.6 is 11.8 Å². The molecule has 154 valence electrons. The van der Waals surface area contributed by atoms with Crippen molar-refractivity contribution in [3.8, 4) is 5.75 Å². The van der Waals surface area contributed by atoms with Crippen LogP contribution in [0.3, 0.4) is 0 Å². The molecule has 0 radical (unpaired) electrons. The maximum Gasteiger partial charge on any atom is 0.253 e. The van der Waals surface area contributed by atoms with Gasteiger partial charge in [-0.1, -0.05) is 24.4 Å². The monoisotopic (exact) mass is 415 g/mol. The molecular formula is C20H25N5O3S. The van der Waals surface area contributed by atoms with Crippen molar-refractivity contribution in [1.29, 1.82) is 0 Å². The summed E-state index contributed by atoms with van der Waals surface area (Å²) in [5.41, 5.74) is 1.64. The fourth-order valence-corrected chi connectivity index (χ4v) is 4.05. The molecule has 1 saturated heterocycles. The van der Waals surface area contributed by atoms with Gasteiger partial charge in [0.05, 0.1) is 12.8 Å². The average Bonchev–Trinajstić information content (AvgIpc) is 2.67. The van der Waals surface area contributed by atoms with E-state index in [0.717, 1.165) is 48.1 Å². The first kappa shape index (κ1) is 20.9. The lowest BCUT2D eigenvalue weighted by Gasteiger charge is -2.35. The molecule has 0 atom stereocenters. The molecule has 0 spiro atoms. The van der Waals surface area contributed by atoms with Crippen LogP contribution in [-0.2, 0) is 4.79 Å². The summed E-state index contributed by atoms with van der Waals surface area (Å²) in [5.74, 6) is 0.676. The second kappa shape index (κ2) is 9.15. The standard InChI is InChI=1S/C20H25N5O3S/c1-5-14-10-15(29-20-22-17(21-13(2)26)12-18(27)23-20)11-16(28-4)19(14)25-8-6-24(3)7-9-25/h5,10-12H,1,6-9H2,2-4H3,(H2,21,22,23,26,27). The Kier molecular flexibility index (Phi) is 6.60. The highest BCUT2D eigenvalue weighted by molar-refractivity contribution is 7.99. The molecule has 1 fully saturated rings. The van der Waals surface area contributed by atoms with E-state index >= 15 is 0 Å². The molecule has 2 N–H and O–H groups in total. The van der Waals surface area contributed by atoms with Crippen molar-refractivity contribution in [2.45, 2.75) is 17.0 Å². The molecule has 1 aromatic heterocycles. The van der Waals surface area contributed by atoms with Gasteiger partial charge in [0.25, 0.3) is 5.56 Å². The second-order valence-electron chi connectivity index (χ2n) is 6.78. The number of carbonyl (C=O) groups is 1. The molecular weight excluding hydrogens is 390 g/mol. The minimum Gasteiger partial charge on any atom is -0.495 e. The van der Waals surface area contributed by atoms with Gasteiger partial charge in [-0.25, -0.2) is 4.98 Å². The number of aromatic amines is 1. The van der Waals surface area contributed by atoms with E-state index in [1.807, 2.05) is 18.2 Å². The number of aromatic nitrogens is 2. The number of ether oxygens (including phenoxy) is 1. The van der Waals surface area contributed by atoms with Gasteiger partial charge >= 0.3 is 0 Å². The predicted molar refractivity (Wildman–Crippen MR) is 116 cm³/mol. The fourth-order valence-electron chi connectivity index (χ4n) is 3.18. The van der Waals surface area contributed by atoms with Crippen molar-refractivity contribution in [1.82, 2.24) is 14.9 Å². The van der Waals surface area contributed by atoms with Gasteiger partial charge in [-0.05, 0) is 19.2 Å². The minimum atomic E-state index is -0.337. The van der Waals surface area contributed by atoms with E-state index in [4.69, 9.17) is 4.74 Å². The Morgan fingerprint density at radius 1 is 1.31 bits per heavy atom. The highest BCUT2D eigenvalue weighted by Gasteiger charge is 2.21. The molecule has 0 saturated carbocycles. The molecule has 2 heterocycles. The molecule has 8 nitrogen and oxygen atoms in total. The molecule has 29 heavy (non-hydrogen) atoms. The summed E-state index contributed by atoms with van der Waals surface area (Å²) in [5, 5.41) is 2.92. The Morgan fingerprint density at radius 3 is 2.66 bits per heavy atom. The first-order valence-electron chi connectivity index (χ1n) is 9.24. The zero-order chi connectivity index (χ0) is 21.0. The van der Waals surface area contributed by atoms with Crippen molar-refractivity contribution in [2.24, 2.45) is 0 Å². The molecule has 9 heteroatoms. The fraction of sp³-hybridized carbons (Fsp3) is 0.350. The predicted octanol–water partition coefficient (Wildman–Crippen LogP) is 2.28. The van der Waals surface area contributed by atoms with Gasteiger partial charge < -0.3 is 24.8 Å². The number of anilines is 2. The smallest absolute Gasteiger partial charge is 0.253 e. The number of hydrogen-bond donors (Lipinski definition) is 2. The van der Waals surface area contributed by atoms with E-state index < -0.39 is 0 Å². The highest BCUT2D eigenvalue weighted by atomic mass is 32.2. The topological polar surface area (TPSA) is 90.6 Å². The molecule has 0 bridgehead atoms. The van der Waals surface area contributed by atoms with Crippen LogP contribution in [0.5, 0.6) is 5.75 Å². The Bertz CT molecular complexity index is 967. The normalized spacial score (nSPS) is 14.5. The SMILES string of the molecule is C=Cc1cc(Sc2nc(NC(C)=O)cc(=O)[nH]2)cc(OC)c1N1CCN(C)CC1. The van der Waals surface area contributed by atoms with Gasteiger partial charge in [-0.3, -0.25) is 9.59 Å². The summed E-state index contributed by atoms with van der Waals surface area (Å²) in [7, 11) is 3.76. The van der Waals surface area contributed by atoms with Crippen molar-refractivity contribution in [3.63, 3.8) is 0 Å². The lowest BCUT2D eigenvalue weighted by Crippen LogP contribution is -2.44. The number of benzene rings is 1. The summed E-state index contributed by atoms with van der Waals surface area (Å²) < 4.78 is 5.68. The largest absolute Gasteiger partial charge is 0.495 e. The molecule has 0 unspecified atom stereocenters. The second-order valence-corrected chi connectivity index (χ2v) is 7.84.